The van der Waals surface area contributed by atoms with Crippen LogP contribution in [0.15, 0.2) is 29.4 Å². The summed E-state index contributed by atoms with van der Waals surface area (Å²) in [6.07, 6.45) is 3.39. The highest BCUT2D eigenvalue weighted by molar-refractivity contribution is 7.71. The van der Waals surface area contributed by atoms with Crippen LogP contribution in [-0.2, 0) is 4.74 Å². The van der Waals surface area contributed by atoms with Gasteiger partial charge in [0.2, 0.25) is 4.77 Å². The lowest BCUT2D eigenvalue weighted by Crippen LogP contribution is -2.05. The zero-order valence-corrected chi connectivity index (χ0v) is 11.5. The monoisotopic (exact) mass is 290 g/mol. The van der Waals surface area contributed by atoms with Crippen molar-refractivity contribution >= 4 is 18.4 Å². The number of hydrogen-bond donors (Lipinski definition) is 2. The van der Waals surface area contributed by atoms with E-state index in [1.54, 1.807) is 24.4 Å². The summed E-state index contributed by atoms with van der Waals surface area (Å²) < 4.78 is 7.54. The Hall–Kier alpha value is -1.99. The molecule has 0 bridgehead atoms. The van der Waals surface area contributed by atoms with Gasteiger partial charge in [0.25, 0.3) is 0 Å². The molecular formula is C13H14N4O2S. The van der Waals surface area contributed by atoms with Crippen molar-refractivity contribution in [2.75, 3.05) is 6.61 Å². The minimum atomic E-state index is -0.0792. The Kier molecular flexibility index (Phi) is 3.62. The molecule has 1 aliphatic rings. The first-order valence-electron chi connectivity index (χ1n) is 6.37. The largest absolute Gasteiger partial charge is 0.507 e. The Balaban J connectivity index is 1.93. The summed E-state index contributed by atoms with van der Waals surface area (Å²) in [6, 6.07) is 6.97. The van der Waals surface area contributed by atoms with E-state index in [2.05, 4.69) is 15.3 Å². The number of aromatic nitrogens is 3. The van der Waals surface area contributed by atoms with Gasteiger partial charge >= 0.3 is 0 Å². The highest BCUT2D eigenvalue weighted by atomic mass is 32.1. The molecular weight excluding hydrogens is 276 g/mol. The quantitative estimate of drug-likeness (QED) is 0.672. The van der Waals surface area contributed by atoms with Crippen LogP contribution in [0.25, 0.3) is 0 Å². The zero-order chi connectivity index (χ0) is 13.9. The number of rotatable bonds is 3. The third kappa shape index (κ3) is 2.50. The second kappa shape index (κ2) is 5.56. The van der Waals surface area contributed by atoms with Gasteiger partial charge in [-0.05, 0) is 37.2 Å². The number of hydrogen-bond acceptors (Lipinski definition) is 5. The summed E-state index contributed by atoms with van der Waals surface area (Å²) in [5.74, 6) is 0.837. The number of para-hydroxylation sites is 1. The standard InChI is InChI=1S/C13H14N4O2S/c18-10-5-2-1-4-9(10)8-14-17-12(15-16-13(17)20)11-6-3-7-19-11/h1-2,4-5,8,11,18H,3,6-7H2,(H,16,20)/b14-8+/t11-/m0/s1. The van der Waals surface area contributed by atoms with Crippen LogP contribution in [0, 0.1) is 4.77 Å². The molecule has 0 saturated carbocycles. The molecule has 20 heavy (non-hydrogen) atoms. The Labute approximate surface area is 120 Å². The van der Waals surface area contributed by atoms with Gasteiger partial charge in [-0.25, -0.2) is 0 Å². The number of phenolic OH excluding ortho intramolecular Hbond substituents is 1. The van der Waals surface area contributed by atoms with Gasteiger partial charge in [0.1, 0.15) is 11.9 Å². The maximum absolute atomic E-state index is 9.71. The summed E-state index contributed by atoms with van der Waals surface area (Å²) in [7, 11) is 0. The molecule has 1 atom stereocenters. The lowest BCUT2D eigenvalue weighted by atomic mass is 10.2. The van der Waals surface area contributed by atoms with Crippen molar-refractivity contribution in [1.29, 1.82) is 0 Å². The summed E-state index contributed by atoms with van der Waals surface area (Å²) >= 11 is 5.17. The predicted octanol–water partition coefficient (Wildman–Crippen LogP) is 2.38. The lowest BCUT2D eigenvalue weighted by molar-refractivity contribution is 0.102. The zero-order valence-electron chi connectivity index (χ0n) is 10.7. The van der Waals surface area contributed by atoms with Gasteiger partial charge in [-0.3, -0.25) is 5.10 Å². The van der Waals surface area contributed by atoms with Gasteiger partial charge in [-0.2, -0.15) is 14.9 Å². The first-order chi connectivity index (χ1) is 9.75. The second-order valence-corrected chi connectivity index (χ2v) is 4.89. The Morgan fingerprint density at radius 3 is 3.10 bits per heavy atom. The molecule has 1 aromatic heterocycles. The van der Waals surface area contributed by atoms with E-state index in [1.165, 1.54) is 4.68 Å². The van der Waals surface area contributed by atoms with E-state index in [0.29, 0.717) is 16.2 Å². The van der Waals surface area contributed by atoms with Crippen LogP contribution in [0.2, 0.25) is 0 Å². The van der Waals surface area contributed by atoms with Gasteiger partial charge in [-0.15, -0.1) is 0 Å². The number of nitrogens with one attached hydrogen (secondary N) is 1. The topological polar surface area (TPSA) is 75.4 Å². The minimum absolute atomic E-state index is 0.0792. The van der Waals surface area contributed by atoms with E-state index < -0.39 is 0 Å². The summed E-state index contributed by atoms with van der Waals surface area (Å²) in [4.78, 5) is 0. The molecule has 7 heteroatoms. The van der Waals surface area contributed by atoms with Crippen LogP contribution in [0.1, 0.15) is 30.3 Å². The molecule has 6 nitrogen and oxygen atoms in total. The molecule has 1 aromatic carbocycles. The van der Waals surface area contributed by atoms with E-state index >= 15 is 0 Å². The molecule has 1 aliphatic heterocycles. The molecule has 0 aliphatic carbocycles. The van der Waals surface area contributed by atoms with Crippen LogP contribution in [0.5, 0.6) is 5.75 Å². The second-order valence-electron chi connectivity index (χ2n) is 4.50. The summed E-state index contributed by atoms with van der Waals surface area (Å²) in [5.41, 5.74) is 0.619. The number of aromatic hydroxyl groups is 1. The Bertz CT molecular complexity index is 686. The minimum Gasteiger partial charge on any atom is -0.507 e. The van der Waals surface area contributed by atoms with Crippen LogP contribution in [-0.4, -0.2) is 32.8 Å². The lowest BCUT2D eigenvalue weighted by Gasteiger charge is -2.07. The maximum atomic E-state index is 9.71. The normalized spacial score (nSPS) is 18.9. The molecule has 0 radical (unpaired) electrons. The average Bonchev–Trinajstić information content (AvgIpc) is 3.08. The van der Waals surface area contributed by atoms with E-state index in [9.17, 15) is 5.11 Å². The molecule has 0 amide bonds. The van der Waals surface area contributed by atoms with Crippen LogP contribution in [0.4, 0.5) is 0 Å². The van der Waals surface area contributed by atoms with E-state index in [-0.39, 0.29) is 11.9 Å². The van der Waals surface area contributed by atoms with Crippen molar-refractivity contribution in [2.24, 2.45) is 5.10 Å². The Morgan fingerprint density at radius 2 is 2.35 bits per heavy atom. The van der Waals surface area contributed by atoms with Crippen molar-refractivity contribution in [1.82, 2.24) is 14.9 Å². The molecule has 1 saturated heterocycles. The Morgan fingerprint density at radius 1 is 1.50 bits per heavy atom. The van der Waals surface area contributed by atoms with E-state index in [4.69, 9.17) is 17.0 Å². The molecule has 1 fully saturated rings. The third-order valence-electron chi connectivity index (χ3n) is 3.14. The number of ether oxygens (including phenoxy) is 1. The number of H-pyrrole nitrogens is 1. The van der Waals surface area contributed by atoms with E-state index in [0.717, 1.165) is 19.4 Å². The molecule has 0 spiro atoms. The van der Waals surface area contributed by atoms with Gasteiger partial charge in [0, 0.05) is 12.2 Å². The number of benzene rings is 1. The van der Waals surface area contributed by atoms with Crippen molar-refractivity contribution in [3.8, 4) is 5.75 Å². The maximum Gasteiger partial charge on any atom is 0.216 e. The summed E-state index contributed by atoms with van der Waals surface area (Å²) in [6.45, 7) is 0.730. The van der Waals surface area contributed by atoms with E-state index in [1.807, 2.05) is 6.07 Å². The van der Waals surface area contributed by atoms with Crippen molar-refractivity contribution in [2.45, 2.75) is 18.9 Å². The fraction of sp³-hybridized carbons (Fsp3) is 0.308. The molecule has 2 N–H and O–H groups in total. The fourth-order valence-corrected chi connectivity index (χ4v) is 2.31. The highest BCUT2D eigenvalue weighted by Gasteiger charge is 2.23. The van der Waals surface area contributed by atoms with Crippen LogP contribution in [0.3, 0.4) is 0 Å². The van der Waals surface area contributed by atoms with Gasteiger partial charge in [-0.1, -0.05) is 12.1 Å². The van der Waals surface area contributed by atoms with Crippen LogP contribution >= 0.6 is 12.2 Å². The van der Waals surface area contributed by atoms with Gasteiger partial charge in [0.05, 0.1) is 6.21 Å². The highest BCUT2D eigenvalue weighted by Crippen LogP contribution is 2.27. The van der Waals surface area contributed by atoms with Crippen LogP contribution < -0.4 is 0 Å². The molecule has 104 valence electrons. The first kappa shape index (κ1) is 13.0. The molecule has 2 heterocycles. The number of phenols is 1. The van der Waals surface area contributed by atoms with Gasteiger partial charge < -0.3 is 9.84 Å². The summed E-state index contributed by atoms with van der Waals surface area (Å²) in [5, 5.41) is 20.9. The SMILES string of the molecule is Oc1ccccc1/C=N/n1c([C@@H]2CCCO2)n[nH]c1=S. The van der Waals surface area contributed by atoms with Gasteiger partial charge in [0.15, 0.2) is 5.82 Å². The number of nitrogens with zero attached hydrogens (tertiary/aromatic N) is 3. The van der Waals surface area contributed by atoms with Crippen molar-refractivity contribution in [3.63, 3.8) is 0 Å². The predicted molar refractivity (Wildman–Crippen MR) is 76.4 cm³/mol. The molecule has 3 rings (SSSR count). The van der Waals surface area contributed by atoms with Crippen molar-refractivity contribution in [3.05, 3.63) is 40.4 Å². The fourth-order valence-electron chi connectivity index (χ4n) is 2.12. The van der Waals surface area contributed by atoms with Crippen molar-refractivity contribution < 1.29 is 9.84 Å². The molecule has 0 unspecified atom stereocenters. The number of aromatic amines is 1. The smallest absolute Gasteiger partial charge is 0.216 e. The molecule has 2 aromatic rings. The third-order valence-corrected chi connectivity index (χ3v) is 3.41. The first-order valence-corrected chi connectivity index (χ1v) is 6.78. The average molecular weight is 290 g/mol.